The lowest BCUT2D eigenvalue weighted by molar-refractivity contribution is 0.0681. The molecule has 1 aliphatic heterocycles. The Kier molecular flexibility index (Phi) is 7.58. The molecule has 2 heterocycles. The molecular formula is C28H33ClN4O3. The van der Waals surface area contributed by atoms with E-state index in [2.05, 4.69) is 16.9 Å². The molecule has 0 unspecified atom stereocenters. The van der Waals surface area contributed by atoms with Crippen LogP contribution in [0.4, 0.5) is 0 Å². The first-order chi connectivity index (χ1) is 17.5. The lowest BCUT2D eigenvalue weighted by Gasteiger charge is -2.32. The third-order valence-electron chi connectivity index (χ3n) is 7.27. The van der Waals surface area contributed by atoms with Gasteiger partial charge in [-0.3, -0.25) is 14.3 Å². The fourth-order valence-corrected chi connectivity index (χ4v) is 4.91. The molecule has 1 aromatic heterocycles. The van der Waals surface area contributed by atoms with Crippen LogP contribution in [0, 0.1) is 18.8 Å². The largest absolute Gasteiger partial charge is 0.379 e. The van der Waals surface area contributed by atoms with E-state index in [0.717, 1.165) is 61.6 Å². The van der Waals surface area contributed by atoms with Crippen LogP contribution < -0.4 is 5.32 Å². The van der Waals surface area contributed by atoms with Gasteiger partial charge in [-0.2, -0.15) is 5.10 Å². The van der Waals surface area contributed by atoms with Gasteiger partial charge in [0.15, 0.2) is 0 Å². The molecule has 36 heavy (non-hydrogen) atoms. The molecule has 1 aliphatic carbocycles. The third-order valence-corrected chi connectivity index (χ3v) is 7.52. The number of nitrogens with one attached hydrogen (secondary N) is 1. The Morgan fingerprint density at radius 3 is 2.47 bits per heavy atom. The van der Waals surface area contributed by atoms with Gasteiger partial charge in [-0.1, -0.05) is 11.6 Å². The van der Waals surface area contributed by atoms with Crippen LogP contribution in [0.1, 0.15) is 52.1 Å². The second-order valence-electron chi connectivity index (χ2n) is 10.0. The predicted octanol–water partition coefficient (Wildman–Crippen LogP) is 4.71. The summed E-state index contributed by atoms with van der Waals surface area (Å²) in [5, 5.41) is 9.38. The molecule has 1 N–H and O–H groups in total. The molecule has 2 amide bonds. The van der Waals surface area contributed by atoms with Crippen molar-refractivity contribution in [2.45, 2.75) is 39.2 Å². The lowest BCUT2D eigenvalue weighted by atomic mass is 9.96. The number of carbonyl (C=O) groups excluding carboxylic acids is 2. The number of piperidine rings is 1. The first-order valence-corrected chi connectivity index (χ1v) is 13.2. The van der Waals surface area contributed by atoms with Crippen molar-refractivity contribution in [3.63, 3.8) is 0 Å². The Morgan fingerprint density at radius 1 is 1.03 bits per heavy atom. The molecular weight excluding hydrogens is 476 g/mol. The number of nitrogens with zero attached hydrogens (tertiary/aromatic N) is 3. The minimum atomic E-state index is -0.0863. The quantitative estimate of drug-likeness (QED) is 0.425. The number of rotatable bonds is 9. The summed E-state index contributed by atoms with van der Waals surface area (Å²) in [6.07, 6.45) is 4.40. The summed E-state index contributed by atoms with van der Waals surface area (Å²) in [5.41, 5.74) is 3.28. The first kappa shape index (κ1) is 24.8. The Hall–Kier alpha value is -2.90. The van der Waals surface area contributed by atoms with Crippen molar-refractivity contribution in [3.05, 3.63) is 64.3 Å². The van der Waals surface area contributed by atoms with E-state index in [0.29, 0.717) is 35.2 Å². The van der Waals surface area contributed by atoms with Crippen LogP contribution >= 0.6 is 11.6 Å². The Bertz CT molecular complexity index is 1230. The average Bonchev–Trinajstić information content (AvgIpc) is 3.67. The van der Waals surface area contributed by atoms with Crippen LogP contribution in [0.5, 0.6) is 0 Å². The fraction of sp³-hybridized carbons (Fsp3) is 0.464. The number of amides is 2. The summed E-state index contributed by atoms with van der Waals surface area (Å²) in [6, 6.07) is 12.8. The van der Waals surface area contributed by atoms with Gasteiger partial charge in [-0.25, -0.2) is 0 Å². The van der Waals surface area contributed by atoms with Crippen molar-refractivity contribution >= 4 is 34.3 Å². The second kappa shape index (κ2) is 11.0. The number of ether oxygens (including phenoxy) is 1. The van der Waals surface area contributed by atoms with E-state index < -0.39 is 0 Å². The summed E-state index contributed by atoms with van der Waals surface area (Å²) < 4.78 is 7.66. The Balaban J connectivity index is 1.15. The molecule has 2 fully saturated rings. The molecule has 0 bridgehead atoms. The molecule has 0 radical (unpaired) electrons. The van der Waals surface area contributed by atoms with Gasteiger partial charge in [0, 0.05) is 60.0 Å². The van der Waals surface area contributed by atoms with Gasteiger partial charge in [-0.15, -0.1) is 0 Å². The molecule has 1 saturated carbocycles. The van der Waals surface area contributed by atoms with Gasteiger partial charge in [0.25, 0.3) is 11.8 Å². The van der Waals surface area contributed by atoms with Crippen molar-refractivity contribution in [1.82, 2.24) is 20.0 Å². The summed E-state index contributed by atoms with van der Waals surface area (Å²) in [7, 11) is 0. The van der Waals surface area contributed by atoms with E-state index in [1.807, 2.05) is 23.1 Å². The van der Waals surface area contributed by atoms with Crippen molar-refractivity contribution in [3.8, 4) is 0 Å². The van der Waals surface area contributed by atoms with E-state index in [9.17, 15) is 9.59 Å². The maximum absolute atomic E-state index is 12.8. The molecule has 0 atom stereocenters. The third kappa shape index (κ3) is 5.90. The smallest absolute Gasteiger partial charge is 0.253 e. The van der Waals surface area contributed by atoms with Gasteiger partial charge in [0.1, 0.15) is 0 Å². The van der Waals surface area contributed by atoms with Crippen molar-refractivity contribution in [2.24, 2.45) is 11.8 Å². The number of aromatic nitrogens is 2. The minimum absolute atomic E-state index is 0.0615. The molecule has 190 valence electrons. The monoisotopic (exact) mass is 508 g/mol. The first-order valence-electron chi connectivity index (χ1n) is 12.9. The van der Waals surface area contributed by atoms with Gasteiger partial charge in [0.05, 0.1) is 12.1 Å². The molecule has 2 aromatic carbocycles. The number of aryl methyl sites for hydroxylation is 1. The number of fused-ring (bicyclic) bond motifs is 1. The topological polar surface area (TPSA) is 76.5 Å². The van der Waals surface area contributed by atoms with Gasteiger partial charge in [-0.05, 0) is 86.9 Å². The van der Waals surface area contributed by atoms with Gasteiger partial charge >= 0.3 is 0 Å². The number of carbonyl (C=O) groups is 2. The summed E-state index contributed by atoms with van der Waals surface area (Å²) in [5.74, 6) is 1.15. The molecule has 1 saturated heterocycles. The number of likely N-dealkylation sites (tertiary alicyclic amines) is 1. The normalized spacial score (nSPS) is 16.4. The van der Waals surface area contributed by atoms with Crippen molar-refractivity contribution in [1.29, 1.82) is 0 Å². The van der Waals surface area contributed by atoms with E-state index >= 15 is 0 Å². The maximum atomic E-state index is 12.8. The number of hydrogen-bond donors (Lipinski definition) is 1. The molecule has 5 rings (SSSR count). The standard InChI is InChI=1S/C28H33ClN4O3/c1-19-25-16-23(27(34)30-12-15-36-18-21-2-3-21)6-9-26(25)31-33(19)17-20-10-13-32(14-11-20)28(35)22-4-7-24(29)8-5-22/h4-9,16,20-21H,2-3,10-15,17-18H2,1H3,(H,30,34). The highest BCUT2D eigenvalue weighted by atomic mass is 35.5. The highest BCUT2D eigenvalue weighted by Crippen LogP contribution is 2.28. The van der Waals surface area contributed by atoms with E-state index in [1.165, 1.54) is 12.8 Å². The Labute approximate surface area is 216 Å². The zero-order valence-electron chi connectivity index (χ0n) is 20.7. The van der Waals surface area contributed by atoms with Gasteiger partial charge < -0.3 is 15.0 Å². The highest BCUT2D eigenvalue weighted by Gasteiger charge is 2.25. The van der Waals surface area contributed by atoms with Crippen LogP contribution in [-0.2, 0) is 11.3 Å². The predicted molar refractivity (Wildman–Crippen MR) is 140 cm³/mol. The van der Waals surface area contributed by atoms with Crippen LogP contribution in [0.3, 0.4) is 0 Å². The molecule has 2 aliphatic rings. The highest BCUT2D eigenvalue weighted by molar-refractivity contribution is 6.30. The van der Waals surface area contributed by atoms with Crippen molar-refractivity contribution in [2.75, 3.05) is 32.8 Å². The average molecular weight is 509 g/mol. The maximum Gasteiger partial charge on any atom is 0.253 e. The summed E-state index contributed by atoms with van der Waals surface area (Å²) in [4.78, 5) is 27.3. The number of halogens is 1. The molecule has 7 nitrogen and oxygen atoms in total. The van der Waals surface area contributed by atoms with Crippen LogP contribution in [0.2, 0.25) is 5.02 Å². The molecule has 0 spiro atoms. The van der Waals surface area contributed by atoms with E-state index in [1.54, 1.807) is 24.3 Å². The lowest BCUT2D eigenvalue weighted by Crippen LogP contribution is -2.39. The van der Waals surface area contributed by atoms with Gasteiger partial charge in [0.2, 0.25) is 0 Å². The van der Waals surface area contributed by atoms with Crippen molar-refractivity contribution < 1.29 is 14.3 Å². The summed E-state index contributed by atoms with van der Waals surface area (Å²) >= 11 is 5.95. The molecule has 3 aromatic rings. The number of benzene rings is 2. The van der Waals surface area contributed by atoms with Crippen LogP contribution in [-0.4, -0.2) is 59.3 Å². The fourth-order valence-electron chi connectivity index (χ4n) is 4.79. The zero-order chi connectivity index (χ0) is 25.1. The number of hydrogen-bond acceptors (Lipinski definition) is 4. The zero-order valence-corrected chi connectivity index (χ0v) is 21.5. The van der Waals surface area contributed by atoms with E-state index in [4.69, 9.17) is 21.4 Å². The molecule has 8 heteroatoms. The Morgan fingerprint density at radius 2 is 1.75 bits per heavy atom. The van der Waals surface area contributed by atoms with Crippen LogP contribution in [0.15, 0.2) is 42.5 Å². The second-order valence-corrected chi connectivity index (χ2v) is 10.5. The minimum Gasteiger partial charge on any atom is -0.379 e. The van der Waals surface area contributed by atoms with Crippen LogP contribution in [0.25, 0.3) is 10.9 Å². The summed E-state index contributed by atoms with van der Waals surface area (Å²) in [6.45, 7) is 6.21. The SMILES string of the molecule is Cc1c2cc(C(=O)NCCOCC3CC3)ccc2nn1CC1CCN(C(=O)c2ccc(Cl)cc2)CC1. The van der Waals surface area contributed by atoms with E-state index in [-0.39, 0.29) is 11.8 Å².